The summed E-state index contributed by atoms with van der Waals surface area (Å²) in [5.74, 6) is -1.01. The molecular weight excluding hydrogens is 412 g/mol. The van der Waals surface area contributed by atoms with Crippen LogP contribution < -0.4 is 22.3 Å². The Labute approximate surface area is 175 Å². The van der Waals surface area contributed by atoms with E-state index in [1.54, 1.807) is 30.3 Å². The topological polar surface area (TPSA) is 175 Å². The van der Waals surface area contributed by atoms with Gasteiger partial charge in [-0.05, 0) is 5.56 Å². The fourth-order valence-corrected chi connectivity index (χ4v) is 3.09. The predicted molar refractivity (Wildman–Crippen MR) is 105 cm³/mol. The third kappa shape index (κ3) is 4.88. The molecule has 0 radical (unpaired) electrons. The summed E-state index contributed by atoms with van der Waals surface area (Å²) in [6.45, 7) is -1.23. The highest BCUT2D eigenvalue weighted by atomic mass is 16.6. The molecule has 1 amide bonds. The van der Waals surface area contributed by atoms with Gasteiger partial charge in [0.2, 0.25) is 0 Å². The first-order valence-corrected chi connectivity index (χ1v) is 9.35. The maximum atomic E-state index is 12.7. The number of carbonyl (C=O) groups excluding carboxylic acids is 2. The number of aromatic nitrogens is 2. The average molecular weight is 434 g/mol. The lowest BCUT2D eigenvalue weighted by molar-refractivity contribution is -0.0467. The fourth-order valence-electron chi connectivity index (χ4n) is 3.09. The summed E-state index contributed by atoms with van der Waals surface area (Å²) in [6.07, 6.45) is -3.31. The predicted octanol–water partition coefficient (Wildman–Crippen LogP) is -1.85. The van der Waals surface area contributed by atoms with Crippen LogP contribution in [-0.2, 0) is 16.1 Å². The highest BCUT2D eigenvalue weighted by Crippen LogP contribution is 2.26. The molecule has 1 fully saturated rings. The van der Waals surface area contributed by atoms with Crippen molar-refractivity contribution in [1.29, 1.82) is 0 Å². The average Bonchev–Trinajstić information content (AvgIpc) is 3.05. The quantitative estimate of drug-likeness (QED) is 0.407. The Bertz CT molecular complexity index is 1050. The van der Waals surface area contributed by atoms with Gasteiger partial charge in [0.1, 0.15) is 25.4 Å². The van der Waals surface area contributed by atoms with E-state index in [1.165, 1.54) is 0 Å². The summed E-state index contributed by atoms with van der Waals surface area (Å²) in [4.78, 5) is 49.0. The normalized spacial score (nSPS) is 22.8. The minimum Gasteiger partial charge on any atom is -0.445 e. The van der Waals surface area contributed by atoms with Crippen molar-refractivity contribution in [3.05, 3.63) is 69.0 Å². The van der Waals surface area contributed by atoms with Gasteiger partial charge in [-0.2, -0.15) is 4.57 Å². The zero-order valence-corrected chi connectivity index (χ0v) is 16.3. The zero-order valence-electron chi connectivity index (χ0n) is 16.3. The van der Waals surface area contributed by atoms with Gasteiger partial charge in [-0.1, -0.05) is 30.3 Å². The highest BCUT2D eigenvalue weighted by Gasteiger charge is 2.42. The number of aliphatic hydroxyl groups is 2. The number of carbonyl (C=O) groups is 2. The van der Waals surface area contributed by atoms with E-state index in [1.807, 2.05) is 0 Å². The molecule has 0 bridgehead atoms. The molecule has 3 rings (SSSR count). The number of hydrogen-bond acceptors (Lipinski definition) is 9. The van der Waals surface area contributed by atoms with Crippen LogP contribution in [0.3, 0.4) is 0 Å². The van der Waals surface area contributed by atoms with Gasteiger partial charge in [0.05, 0.1) is 12.6 Å². The molecular formula is C19H22N4O8. The van der Waals surface area contributed by atoms with Crippen LogP contribution in [0.25, 0.3) is 0 Å². The lowest BCUT2D eigenvalue weighted by atomic mass is 10.1. The molecule has 5 N–H and O–H groups in total. The Morgan fingerprint density at radius 3 is 2.55 bits per heavy atom. The van der Waals surface area contributed by atoms with E-state index in [4.69, 9.17) is 15.2 Å². The number of hydrogen-bond donors (Lipinski definition) is 4. The Morgan fingerprint density at radius 2 is 1.90 bits per heavy atom. The molecule has 2 aromatic rings. The number of aliphatic hydroxyl groups excluding tert-OH is 2. The van der Waals surface area contributed by atoms with E-state index in [-0.39, 0.29) is 6.61 Å². The van der Waals surface area contributed by atoms with Gasteiger partial charge in [-0.15, -0.1) is 0 Å². The molecule has 4 atom stereocenters. The third-order valence-corrected chi connectivity index (χ3v) is 4.73. The summed E-state index contributed by atoms with van der Waals surface area (Å²) < 4.78 is 11.5. The second-order valence-electron chi connectivity index (χ2n) is 6.80. The van der Waals surface area contributed by atoms with Crippen LogP contribution in [0.5, 0.6) is 0 Å². The number of nitrogens with one attached hydrogen (secondary N) is 1. The summed E-state index contributed by atoms with van der Waals surface area (Å²) >= 11 is 0. The highest BCUT2D eigenvalue weighted by molar-refractivity contribution is 5.83. The standard InChI is InChI=1S/C19H22N4O8/c20-15-16(27)12(9-24)31-17(15)22-7-6-13(25)23(19(22)29)14(26)8-21-18(28)30-10-11-4-2-1-3-5-11/h1-7,12,15-17,24,27H,8-10,20H2,(H,21,28)/t12-,15?,16?,17-/m0/s1. The molecule has 1 aliphatic rings. The number of amides is 1. The summed E-state index contributed by atoms with van der Waals surface area (Å²) in [5.41, 5.74) is 4.59. The van der Waals surface area contributed by atoms with Gasteiger partial charge in [-0.3, -0.25) is 14.2 Å². The van der Waals surface area contributed by atoms with Crippen molar-refractivity contribution in [2.24, 2.45) is 5.73 Å². The monoisotopic (exact) mass is 434 g/mol. The van der Waals surface area contributed by atoms with Crippen molar-refractivity contribution in [2.75, 3.05) is 13.2 Å². The molecule has 0 saturated carbocycles. The van der Waals surface area contributed by atoms with Gasteiger partial charge in [-0.25, -0.2) is 9.59 Å². The van der Waals surface area contributed by atoms with Gasteiger partial charge >= 0.3 is 11.8 Å². The van der Waals surface area contributed by atoms with E-state index in [0.29, 0.717) is 4.57 Å². The first kappa shape index (κ1) is 22.4. The number of nitrogens with two attached hydrogens (primary N) is 1. The molecule has 2 unspecified atom stereocenters. The number of alkyl carbamates (subject to hydrolysis) is 1. The van der Waals surface area contributed by atoms with Gasteiger partial charge < -0.3 is 30.7 Å². The van der Waals surface area contributed by atoms with Crippen LogP contribution in [0.1, 0.15) is 16.6 Å². The fraction of sp³-hybridized carbons (Fsp3) is 0.368. The smallest absolute Gasteiger partial charge is 0.407 e. The molecule has 1 saturated heterocycles. The minimum atomic E-state index is -1.25. The molecule has 0 aliphatic carbocycles. The van der Waals surface area contributed by atoms with Gasteiger partial charge in [0.15, 0.2) is 6.23 Å². The summed E-state index contributed by atoms with van der Waals surface area (Å²) in [7, 11) is 0. The molecule has 0 spiro atoms. The molecule has 1 aromatic carbocycles. The Morgan fingerprint density at radius 1 is 1.19 bits per heavy atom. The maximum Gasteiger partial charge on any atom is 0.407 e. The van der Waals surface area contributed by atoms with E-state index in [9.17, 15) is 29.4 Å². The third-order valence-electron chi connectivity index (χ3n) is 4.73. The van der Waals surface area contributed by atoms with E-state index in [0.717, 1.165) is 22.4 Å². The SMILES string of the molecule is NC1C(O)[C@H](CO)O[C@@H]1n1ccc(=O)n(C(=O)CNC(=O)OCc2ccccc2)c1=O. The van der Waals surface area contributed by atoms with Gasteiger partial charge in [0, 0.05) is 12.3 Å². The van der Waals surface area contributed by atoms with Crippen LogP contribution in [-0.4, -0.2) is 62.7 Å². The van der Waals surface area contributed by atoms with E-state index >= 15 is 0 Å². The largest absolute Gasteiger partial charge is 0.445 e. The van der Waals surface area contributed by atoms with Crippen molar-refractivity contribution in [3.8, 4) is 0 Å². The molecule has 31 heavy (non-hydrogen) atoms. The summed E-state index contributed by atoms with van der Waals surface area (Å²) in [5, 5.41) is 21.4. The summed E-state index contributed by atoms with van der Waals surface area (Å²) in [6, 6.07) is 8.71. The number of rotatable bonds is 6. The van der Waals surface area contributed by atoms with Crippen LogP contribution in [0, 0.1) is 0 Å². The molecule has 1 aliphatic heterocycles. The molecule has 2 heterocycles. The number of benzene rings is 1. The first-order chi connectivity index (χ1) is 14.8. The van der Waals surface area contributed by atoms with E-state index < -0.39 is 60.9 Å². The van der Waals surface area contributed by atoms with Crippen molar-refractivity contribution in [2.45, 2.75) is 31.1 Å². The first-order valence-electron chi connectivity index (χ1n) is 9.35. The lowest BCUT2D eigenvalue weighted by Crippen LogP contribution is -2.49. The number of ether oxygens (including phenoxy) is 2. The van der Waals surface area contributed by atoms with Crippen molar-refractivity contribution in [3.63, 3.8) is 0 Å². The molecule has 166 valence electrons. The van der Waals surface area contributed by atoms with Crippen molar-refractivity contribution >= 4 is 12.0 Å². The van der Waals surface area contributed by atoms with Crippen molar-refractivity contribution in [1.82, 2.24) is 14.5 Å². The second kappa shape index (κ2) is 9.66. The van der Waals surface area contributed by atoms with Crippen LogP contribution >= 0.6 is 0 Å². The van der Waals surface area contributed by atoms with Crippen LogP contribution in [0.15, 0.2) is 52.2 Å². The zero-order chi connectivity index (χ0) is 22.5. The van der Waals surface area contributed by atoms with Crippen molar-refractivity contribution < 1.29 is 29.3 Å². The molecule has 1 aromatic heterocycles. The number of nitrogens with zero attached hydrogens (tertiary/aromatic N) is 2. The maximum absolute atomic E-state index is 12.7. The Kier molecular flexibility index (Phi) is 6.97. The minimum absolute atomic E-state index is 0.0236. The Hall–Kier alpha value is -3.32. The lowest BCUT2D eigenvalue weighted by Gasteiger charge is -2.19. The van der Waals surface area contributed by atoms with E-state index in [2.05, 4.69) is 5.32 Å². The Balaban J connectivity index is 1.69. The second-order valence-corrected chi connectivity index (χ2v) is 6.80. The van der Waals surface area contributed by atoms with Crippen LogP contribution in [0.4, 0.5) is 4.79 Å². The molecule has 12 heteroatoms. The van der Waals surface area contributed by atoms with Gasteiger partial charge in [0.25, 0.3) is 11.5 Å². The molecule has 12 nitrogen and oxygen atoms in total. The van der Waals surface area contributed by atoms with Crippen LogP contribution in [0.2, 0.25) is 0 Å².